The highest BCUT2D eigenvalue weighted by Crippen LogP contribution is 2.58. The molecule has 1 unspecified atom stereocenters. The van der Waals surface area contributed by atoms with E-state index >= 15 is 0 Å². The monoisotopic (exact) mass is 392 g/mol. The lowest BCUT2D eigenvalue weighted by molar-refractivity contribution is -0.141. The standard InChI is InChI=1S/C22H28N6O/c1-26-11-7-22(19(26)29)17-28(20-24-9-3-10-25-20)16-21(22)5-12-27(13-6-21)15-18-4-2-8-23-14-18/h2-4,8-10,14H,5-7,11-13,15-17H2,1H3. The van der Waals surface area contributed by atoms with E-state index in [2.05, 4.69) is 30.8 Å². The maximum absolute atomic E-state index is 13.4. The molecule has 3 aliphatic heterocycles. The summed E-state index contributed by atoms with van der Waals surface area (Å²) in [5, 5.41) is 0. The topological polar surface area (TPSA) is 65.5 Å². The van der Waals surface area contributed by atoms with Crippen LogP contribution in [0.4, 0.5) is 5.95 Å². The molecule has 3 fully saturated rings. The van der Waals surface area contributed by atoms with Crippen LogP contribution in [0, 0.1) is 10.8 Å². The van der Waals surface area contributed by atoms with Gasteiger partial charge in [-0.2, -0.15) is 0 Å². The third-order valence-electron chi connectivity index (χ3n) is 7.38. The molecule has 0 aromatic carbocycles. The Morgan fingerprint density at radius 1 is 1.00 bits per heavy atom. The zero-order chi connectivity index (χ0) is 19.9. The molecule has 0 bridgehead atoms. The smallest absolute Gasteiger partial charge is 0.231 e. The zero-order valence-electron chi connectivity index (χ0n) is 17.0. The minimum atomic E-state index is -0.304. The van der Waals surface area contributed by atoms with Crippen LogP contribution in [0.25, 0.3) is 0 Å². The molecule has 152 valence electrons. The van der Waals surface area contributed by atoms with Crippen LogP contribution in [0.15, 0.2) is 43.0 Å². The van der Waals surface area contributed by atoms with Crippen molar-refractivity contribution in [1.82, 2.24) is 24.8 Å². The molecule has 7 nitrogen and oxygen atoms in total. The fourth-order valence-corrected chi connectivity index (χ4v) is 5.76. The molecule has 2 aromatic heterocycles. The Kier molecular flexibility index (Phi) is 4.50. The molecule has 7 heteroatoms. The number of carbonyl (C=O) groups is 1. The Labute approximate surface area is 171 Å². The molecule has 2 aromatic rings. The Bertz CT molecular complexity index is 867. The summed E-state index contributed by atoms with van der Waals surface area (Å²) in [5.74, 6) is 1.07. The second-order valence-corrected chi connectivity index (χ2v) is 8.88. The molecule has 2 spiro atoms. The summed E-state index contributed by atoms with van der Waals surface area (Å²) in [4.78, 5) is 33.3. The first-order valence-electron chi connectivity index (χ1n) is 10.5. The van der Waals surface area contributed by atoms with Gasteiger partial charge in [0.05, 0.1) is 5.41 Å². The van der Waals surface area contributed by atoms with E-state index in [0.29, 0.717) is 5.91 Å². The van der Waals surface area contributed by atoms with Gasteiger partial charge in [-0.05, 0) is 50.0 Å². The fourth-order valence-electron chi connectivity index (χ4n) is 5.76. The minimum Gasteiger partial charge on any atom is -0.345 e. The predicted octanol–water partition coefficient (Wildman–Crippen LogP) is 1.82. The first-order chi connectivity index (χ1) is 14.1. The predicted molar refractivity (Wildman–Crippen MR) is 110 cm³/mol. The maximum atomic E-state index is 13.4. The van der Waals surface area contributed by atoms with Crippen LogP contribution in [0.3, 0.4) is 0 Å². The van der Waals surface area contributed by atoms with Crippen molar-refractivity contribution in [2.75, 3.05) is 44.7 Å². The minimum absolute atomic E-state index is 0.000513. The van der Waals surface area contributed by atoms with E-state index in [1.807, 2.05) is 36.5 Å². The Morgan fingerprint density at radius 2 is 1.79 bits per heavy atom. The van der Waals surface area contributed by atoms with Gasteiger partial charge in [-0.3, -0.25) is 14.7 Å². The second kappa shape index (κ2) is 7.06. The van der Waals surface area contributed by atoms with Crippen molar-refractivity contribution in [3.05, 3.63) is 48.5 Å². The summed E-state index contributed by atoms with van der Waals surface area (Å²) < 4.78 is 0. The molecular weight excluding hydrogens is 364 g/mol. The molecule has 0 N–H and O–H groups in total. The summed E-state index contributed by atoms with van der Waals surface area (Å²) in [6, 6.07) is 5.98. The van der Waals surface area contributed by atoms with Crippen molar-refractivity contribution in [2.45, 2.75) is 25.8 Å². The van der Waals surface area contributed by atoms with Crippen molar-refractivity contribution in [3.8, 4) is 0 Å². The normalized spacial score (nSPS) is 26.7. The maximum Gasteiger partial charge on any atom is 0.231 e. The van der Waals surface area contributed by atoms with Gasteiger partial charge in [0.2, 0.25) is 11.9 Å². The molecule has 29 heavy (non-hydrogen) atoms. The van der Waals surface area contributed by atoms with E-state index in [1.54, 1.807) is 12.4 Å². The number of rotatable bonds is 3. The van der Waals surface area contributed by atoms with Crippen LogP contribution in [0.2, 0.25) is 0 Å². The molecule has 5 heterocycles. The number of aromatic nitrogens is 3. The highest BCUT2D eigenvalue weighted by atomic mass is 16.2. The summed E-state index contributed by atoms with van der Waals surface area (Å²) in [5.41, 5.74) is 0.946. The van der Waals surface area contributed by atoms with E-state index < -0.39 is 0 Å². The van der Waals surface area contributed by atoms with Gasteiger partial charge in [0.15, 0.2) is 0 Å². The highest BCUT2D eigenvalue weighted by Gasteiger charge is 2.65. The number of fused-ring (bicyclic) bond motifs is 1. The fraction of sp³-hybridized carbons (Fsp3) is 0.545. The van der Waals surface area contributed by atoms with Gasteiger partial charge in [0.25, 0.3) is 0 Å². The average Bonchev–Trinajstić information content (AvgIpc) is 3.24. The van der Waals surface area contributed by atoms with Crippen LogP contribution < -0.4 is 4.90 Å². The van der Waals surface area contributed by atoms with Crippen LogP contribution in [0.5, 0.6) is 0 Å². The molecular formula is C22H28N6O. The number of anilines is 1. The summed E-state index contributed by atoms with van der Waals surface area (Å²) in [7, 11) is 1.95. The lowest BCUT2D eigenvalue weighted by Crippen LogP contribution is -2.52. The number of nitrogens with zero attached hydrogens (tertiary/aromatic N) is 6. The number of pyridine rings is 1. The zero-order valence-corrected chi connectivity index (χ0v) is 17.0. The Balaban J connectivity index is 1.39. The van der Waals surface area contributed by atoms with Crippen molar-refractivity contribution >= 4 is 11.9 Å². The number of carbonyl (C=O) groups excluding carboxylic acids is 1. The van der Waals surface area contributed by atoms with E-state index in [9.17, 15) is 4.79 Å². The van der Waals surface area contributed by atoms with Crippen molar-refractivity contribution in [3.63, 3.8) is 0 Å². The third-order valence-corrected chi connectivity index (χ3v) is 7.38. The molecule has 3 saturated heterocycles. The first kappa shape index (κ1) is 18.5. The molecule has 0 aliphatic carbocycles. The van der Waals surface area contributed by atoms with Gasteiger partial charge in [-0.25, -0.2) is 9.97 Å². The van der Waals surface area contributed by atoms with Gasteiger partial charge >= 0.3 is 0 Å². The van der Waals surface area contributed by atoms with Crippen LogP contribution in [0.1, 0.15) is 24.8 Å². The average molecular weight is 393 g/mol. The Morgan fingerprint density at radius 3 is 2.45 bits per heavy atom. The SMILES string of the molecule is CN1CCC2(CN(c3ncccn3)CC23CCN(Cc2cccnc2)CC3)C1=O. The lowest BCUT2D eigenvalue weighted by Gasteiger charge is -2.46. The lowest BCUT2D eigenvalue weighted by atomic mass is 9.60. The van der Waals surface area contributed by atoms with Crippen LogP contribution in [-0.4, -0.2) is 70.4 Å². The Hall–Kier alpha value is -2.54. The second-order valence-electron chi connectivity index (χ2n) is 8.88. The highest BCUT2D eigenvalue weighted by molar-refractivity contribution is 5.87. The summed E-state index contributed by atoms with van der Waals surface area (Å²) in [6.07, 6.45) is 10.4. The van der Waals surface area contributed by atoms with E-state index in [4.69, 9.17) is 0 Å². The van der Waals surface area contributed by atoms with Gasteiger partial charge in [-0.1, -0.05) is 6.07 Å². The number of hydrogen-bond donors (Lipinski definition) is 0. The van der Waals surface area contributed by atoms with Gasteiger partial charge in [0, 0.05) is 63.4 Å². The van der Waals surface area contributed by atoms with Crippen LogP contribution >= 0.6 is 0 Å². The number of amides is 1. The van der Waals surface area contributed by atoms with Crippen molar-refractivity contribution in [1.29, 1.82) is 0 Å². The van der Waals surface area contributed by atoms with Crippen LogP contribution in [-0.2, 0) is 11.3 Å². The molecule has 1 amide bonds. The number of hydrogen-bond acceptors (Lipinski definition) is 6. The van der Waals surface area contributed by atoms with Gasteiger partial charge in [-0.15, -0.1) is 0 Å². The molecule has 5 rings (SSSR count). The molecule has 3 aliphatic rings. The molecule has 1 atom stereocenters. The van der Waals surface area contributed by atoms with E-state index in [1.165, 1.54) is 5.56 Å². The third kappa shape index (κ3) is 2.99. The first-order valence-corrected chi connectivity index (χ1v) is 10.5. The van der Waals surface area contributed by atoms with Crippen molar-refractivity contribution < 1.29 is 4.79 Å². The quantitative estimate of drug-likeness (QED) is 0.794. The molecule has 0 saturated carbocycles. The van der Waals surface area contributed by atoms with E-state index in [0.717, 1.165) is 64.5 Å². The van der Waals surface area contributed by atoms with Crippen molar-refractivity contribution in [2.24, 2.45) is 10.8 Å². The summed E-state index contributed by atoms with van der Waals surface area (Å²) in [6.45, 7) is 5.41. The van der Waals surface area contributed by atoms with Gasteiger partial charge < -0.3 is 9.80 Å². The summed E-state index contributed by atoms with van der Waals surface area (Å²) >= 11 is 0. The number of piperidine rings is 1. The van der Waals surface area contributed by atoms with E-state index in [-0.39, 0.29) is 10.8 Å². The largest absolute Gasteiger partial charge is 0.345 e. The number of likely N-dealkylation sites (tertiary alicyclic amines) is 2. The molecule has 0 radical (unpaired) electrons. The van der Waals surface area contributed by atoms with Gasteiger partial charge in [0.1, 0.15) is 0 Å².